The van der Waals surface area contributed by atoms with Gasteiger partial charge in [-0.1, -0.05) is 82.3 Å². The summed E-state index contributed by atoms with van der Waals surface area (Å²) >= 11 is 0. The molecule has 2 aliphatic carbocycles. The highest BCUT2D eigenvalue weighted by Crippen LogP contribution is 2.38. The Morgan fingerprint density at radius 2 is 1.67 bits per heavy atom. The highest BCUT2D eigenvalue weighted by atomic mass is 16.6. The first-order valence-corrected chi connectivity index (χ1v) is 18.0. The number of carbonyl (C=O) groups is 2. The van der Waals surface area contributed by atoms with Gasteiger partial charge in [-0.15, -0.1) is 0 Å². The molecule has 0 aromatic heterocycles. The Kier molecular flexibility index (Phi) is 13.7. The van der Waals surface area contributed by atoms with E-state index in [-0.39, 0.29) is 12.3 Å². The SMILES string of the molecule is CCN(CC)CCOc1ccc([C@@H](C[C@H](O)[C@H](CC2CCCCC2)NC(=O)OC(C)(C)C)C(=O)N(C)[C@H]2c3ccccc3C[C@H]2O)cc1. The van der Waals surface area contributed by atoms with E-state index in [4.69, 9.17) is 9.47 Å². The Morgan fingerprint density at radius 3 is 2.31 bits per heavy atom. The van der Waals surface area contributed by atoms with Crippen molar-refractivity contribution in [2.24, 2.45) is 5.92 Å². The van der Waals surface area contributed by atoms with Crippen LogP contribution in [-0.2, 0) is 16.0 Å². The van der Waals surface area contributed by atoms with Crippen LogP contribution in [0.25, 0.3) is 0 Å². The normalized spacial score (nSPS) is 20.1. The summed E-state index contributed by atoms with van der Waals surface area (Å²) in [6, 6.07) is 14.3. The minimum atomic E-state index is -1.01. The van der Waals surface area contributed by atoms with Gasteiger partial charge in [0.1, 0.15) is 18.0 Å². The van der Waals surface area contributed by atoms with Crippen molar-refractivity contribution in [3.63, 3.8) is 0 Å². The maximum atomic E-state index is 14.5. The summed E-state index contributed by atoms with van der Waals surface area (Å²) in [6.45, 7) is 13.0. The van der Waals surface area contributed by atoms with E-state index in [2.05, 4.69) is 24.1 Å². The second-order valence-electron chi connectivity index (χ2n) is 14.7. The summed E-state index contributed by atoms with van der Waals surface area (Å²) in [5.74, 6) is 0.179. The zero-order valence-corrected chi connectivity index (χ0v) is 30.0. The minimum Gasteiger partial charge on any atom is -0.492 e. The average molecular weight is 666 g/mol. The van der Waals surface area contributed by atoms with E-state index in [1.54, 1.807) is 11.9 Å². The molecule has 9 heteroatoms. The molecule has 0 heterocycles. The number of likely N-dealkylation sites (N-methyl/N-ethyl adjacent to an activating group) is 2. The number of fused-ring (bicyclic) bond motifs is 1. The van der Waals surface area contributed by atoms with Crippen molar-refractivity contribution in [2.75, 3.05) is 33.3 Å². The van der Waals surface area contributed by atoms with Crippen molar-refractivity contribution in [3.05, 3.63) is 65.2 Å². The molecule has 1 fully saturated rings. The van der Waals surface area contributed by atoms with Crippen molar-refractivity contribution in [1.82, 2.24) is 15.1 Å². The summed E-state index contributed by atoms with van der Waals surface area (Å²) in [4.78, 5) is 31.4. The fourth-order valence-corrected chi connectivity index (χ4v) is 7.37. The first-order valence-electron chi connectivity index (χ1n) is 18.0. The van der Waals surface area contributed by atoms with Gasteiger partial charge >= 0.3 is 6.09 Å². The van der Waals surface area contributed by atoms with Crippen molar-refractivity contribution in [3.8, 4) is 5.75 Å². The number of hydrogen-bond acceptors (Lipinski definition) is 7. The average Bonchev–Trinajstić information content (AvgIpc) is 3.40. The van der Waals surface area contributed by atoms with Gasteiger partial charge in [-0.3, -0.25) is 4.79 Å². The number of amides is 2. The number of rotatable bonds is 15. The summed E-state index contributed by atoms with van der Waals surface area (Å²) in [5, 5.41) is 25.9. The summed E-state index contributed by atoms with van der Waals surface area (Å²) < 4.78 is 11.6. The van der Waals surface area contributed by atoms with Gasteiger partial charge < -0.3 is 34.8 Å². The standard InChI is InChI=1S/C39H59N3O6/c1-7-42(8-2)22-23-47-30-20-18-28(19-21-30)32(37(45)41(6)36-31-17-13-12-16-29(31)25-35(36)44)26-34(43)33(24-27-14-10-9-11-15-27)40-38(46)48-39(3,4)5/h12-13,16-21,27,32-36,43-44H,7-11,14-15,22-26H2,1-6H3,(H,40,46)/t32-,33+,34+,35-,36+/m1/s1. The maximum Gasteiger partial charge on any atom is 0.407 e. The molecule has 5 atom stereocenters. The number of alkyl carbamates (subject to hydrolysis) is 1. The van der Waals surface area contributed by atoms with Crippen LogP contribution in [0.4, 0.5) is 4.79 Å². The predicted octanol–water partition coefficient (Wildman–Crippen LogP) is 6.22. The lowest BCUT2D eigenvalue weighted by Crippen LogP contribution is -2.48. The number of nitrogens with zero attached hydrogens (tertiary/aromatic N) is 2. The van der Waals surface area contributed by atoms with Gasteiger partial charge in [0, 0.05) is 20.0 Å². The van der Waals surface area contributed by atoms with Crippen LogP contribution >= 0.6 is 0 Å². The molecule has 2 aromatic carbocycles. The van der Waals surface area contributed by atoms with Gasteiger partial charge in [-0.25, -0.2) is 4.79 Å². The molecule has 266 valence electrons. The monoisotopic (exact) mass is 665 g/mol. The lowest BCUT2D eigenvalue weighted by Gasteiger charge is -2.35. The molecular weight excluding hydrogens is 606 g/mol. The van der Waals surface area contributed by atoms with E-state index in [1.807, 2.05) is 69.3 Å². The lowest BCUT2D eigenvalue weighted by atomic mass is 9.81. The van der Waals surface area contributed by atoms with E-state index in [0.717, 1.165) is 62.0 Å². The van der Waals surface area contributed by atoms with Crippen molar-refractivity contribution in [1.29, 1.82) is 0 Å². The second-order valence-corrected chi connectivity index (χ2v) is 14.7. The first kappa shape index (κ1) is 37.7. The summed E-state index contributed by atoms with van der Waals surface area (Å²) in [7, 11) is 1.74. The fraction of sp³-hybridized carbons (Fsp3) is 0.641. The van der Waals surface area contributed by atoms with Crippen molar-refractivity contribution in [2.45, 2.75) is 122 Å². The molecule has 2 amide bonds. The van der Waals surface area contributed by atoms with Crippen molar-refractivity contribution >= 4 is 12.0 Å². The molecule has 0 radical (unpaired) electrons. The molecule has 4 rings (SSSR count). The van der Waals surface area contributed by atoms with E-state index in [9.17, 15) is 19.8 Å². The number of aliphatic hydroxyl groups is 2. The third-order valence-corrected chi connectivity index (χ3v) is 10.0. The van der Waals surface area contributed by atoms with Crippen LogP contribution in [0.5, 0.6) is 5.75 Å². The number of ether oxygens (including phenoxy) is 2. The Morgan fingerprint density at radius 1 is 1.00 bits per heavy atom. The third kappa shape index (κ3) is 10.4. The first-order chi connectivity index (χ1) is 22.9. The van der Waals surface area contributed by atoms with Crippen LogP contribution in [-0.4, -0.2) is 89.2 Å². The van der Waals surface area contributed by atoms with Crippen LogP contribution in [0.3, 0.4) is 0 Å². The third-order valence-electron chi connectivity index (χ3n) is 10.0. The topological polar surface area (TPSA) is 112 Å². The summed E-state index contributed by atoms with van der Waals surface area (Å²) in [6.07, 6.45) is 4.49. The predicted molar refractivity (Wildman–Crippen MR) is 189 cm³/mol. The van der Waals surface area contributed by atoms with Gasteiger partial charge in [-0.05, 0) is 81.4 Å². The van der Waals surface area contributed by atoms with Gasteiger partial charge in [-0.2, -0.15) is 0 Å². The molecule has 1 saturated carbocycles. The molecule has 0 bridgehead atoms. The van der Waals surface area contributed by atoms with E-state index in [1.165, 1.54) is 6.42 Å². The number of hydrogen-bond donors (Lipinski definition) is 3. The van der Waals surface area contributed by atoms with Crippen LogP contribution in [0.1, 0.15) is 108 Å². The Bertz CT molecular complexity index is 1300. The number of aliphatic hydroxyl groups excluding tert-OH is 2. The highest BCUT2D eigenvalue weighted by molar-refractivity contribution is 5.84. The smallest absolute Gasteiger partial charge is 0.407 e. The van der Waals surface area contributed by atoms with Crippen LogP contribution in [0.15, 0.2) is 48.5 Å². The highest BCUT2D eigenvalue weighted by Gasteiger charge is 2.40. The molecule has 3 N–H and O–H groups in total. The Labute approximate surface area is 288 Å². The van der Waals surface area contributed by atoms with Gasteiger partial charge in [0.05, 0.1) is 30.2 Å². The van der Waals surface area contributed by atoms with Gasteiger partial charge in [0.25, 0.3) is 0 Å². The molecule has 0 aliphatic heterocycles. The fourth-order valence-electron chi connectivity index (χ4n) is 7.37. The Balaban J connectivity index is 1.59. The lowest BCUT2D eigenvalue weighted by molar-refractivity contribution is -0.136. The maximum absolute atomic E-state index is 14.5. The number of carbonyl (C=O) groups excluding carboxylic acids is 2. The largest absolute Gasteiger partial charge is 0.492 e. The molecule has 0 unspecified atom stereocenters. The molecular formula is C39H59N3O6. The molecule has 2 aromatic rings. The zero-order valence-electron chi connectivity index (χ0n) is 30.0. The van der Waals surface area contributed by atoms with Crippen LogP contribution < -0.4 is 10.1 Å². The van der Waals surface area contributed by atoms with Gasteiger partial charge in [0.15, 0.2) is 0 Å². The van der Waals surface area contributed by atoms with Crippen molar-refractivity contribution < 1.29 is 29.3 Å². The van der Waals surface area contributed by atoms with Gasteiger partial charge in [0.2, 0.25) is 5.91 Å². The second kappa shape index (κ2) is 17.5. The molecule has 0 spiro atoms. The Hall–Kier alpha value is -3.14. The molecule has 2 aliphatic rings. The van der Waals surface area contributed by atoms with E-state index < -0.39 is 41.9 Å². The quantitative estimate of drug-likeness (QED) is 0.207. The number of nitrogens with one attached hydrogen (secondary N) is 1. The minimum absolute atomic E-state index is 0.100. The van der Waals surface area contributed by atoms with Crippen LogP contribution in [0, 0.1) is 5.92 Å². The van der Waals surface area contributed by atoms with E-state index >= 15 is 0 Å². The van der Waals surface area contributed by atoms with E-state index in [0.29, 0.717) is 31.1 Å². The zero-order chi connectivity index (χ0) is 34.8. The molecule has 48 heavy (non-hydrogen) atoms. The molecule has 9 nitrogen and oxygen atoms in total. The molecule has 0 saturated heterocycles. The van der Waals surface area contributed by atoms with Crippen LogP contribution in [0.2, 0.25) is 0 Å². The number of benzene rings is 2. The summed E-state index contributed by atoms with van der Waals surface area (Å²) in [5.41, 5.74) is 2.04.